The number of carbonyl (C=O) groups excluding carboxylic acids is 2. The Morgan fingerprint density at radius 1 is 0.933 bits per heavy atom. The van der Waals surface area contributed by atoms with Crippen molar-refractivity contribution in [2.75, 3.05) is 12.4 Å². The van der Waals surface area contributed by atoms with E-state index in [-0.39, 0.29) is 11.4 Å². The van der Waals surface area contributed by atoms with Crippen LogP contribution in [0.25, 0.3) is 11.0 Å². The molecular formula is C23H15Cl2NO4. The lowest BCUT2D eigenvalue weighted by molar-refractivity contribution is 0.101. The van der Waals surface area contributed by atoms with Gasteiger partial charge in [0.25, 0.3) is 5.91 Å². The van der Waals surface area contributed by atoms with E-state index in [0.29, 0.717) is 37.9 Å². The predicted octanol–water partition coefficient (Wildman–Crippen LogP) is 6.23. The average Bonchev–Trinajstić information content (AvgIpc) is 3.11. The Morgan fingerprint density at radius 2 is 1.73 bits per heavy atom. The fourth-order valence-electron chi connectivity index (χ4n) is 3.08. The van der Waals surface area contributed by atoms with E-state index in [1.807, 2.05) is 0 Å². The van der Waals surface area contributed by atoms with Gasteiger partial charge in [-0.05, 0) is 48.5 Å². The SMILES string of the molecule is COc1ccc(C(=O)c2oc3ccccc3c2NC(=O)c2cccc(Cl)c2)cc1Cl. The van der Waals surface area contributed by atoms with Crippen molar-refractivity contribution in [1.82, 2.24) is 0 Å². The highest BCUT2D eigenvalue weighted by Crippen LogP contribution is 2.34. The highest BCUT2D eigenvalue weighted by molar-refractivity contribution is 6.33. The Bertz CT molecular complexity index is 1280. The second kappa shape index (κ2) is 8.22. The molecule has 0 fully saturated rings. The van der Waals surface area contributed by atoms with Crippen molar-refractivity contribution in [2.24, 2.45) is 0 Å². The molecule has 4 rings (SSSR count). The van der Waals surface area contributed by atoms with Crippen LogP contribution in [0.15, 0.2) is 71.1 Å². The Labute approximate surface area is 182 Å². The number of carbonyl (C=O) groups is 2. The zero-order valence-corrected chi connectivity index (χ0v) is 17.3. The van der Waals surface area contributed by atoms with E-state index in [0.717, 1.165) is 0 Å². The maximum Gasteiger partial charge on any atom is 0.255 e. The summed E-state index contributed by atoms with van der Waals surface area (Å²) < 4.78 is 10.9. The monoisotopic (exact) mass is 439 g/mol. The van der Waals surface area contributed by atoms with Gasteiger partial charge in [0.2, 0.25) is 5.78 Å². The second-order valence-electron chi connectivity index (χ2n) is 6.45. The van der Waals surface area contributed by atoms with Crippen molar-refractivity contribution in [3.63, 3.8) is 0 Å². The van der Waals surface area contributed by atoms with Crippen LogP contribution in [0.4, 0.5) is 5.69 Å². The molecule has 30 heavy (non-hydrogen) atoms. The molecule has 0 bridgehead atoms. The number of methoxy groups -OCH3 is 1. The number of hydrogen-bond donors (Lipinski definition) is 1. The molecule has 7 heteroatoms. The van der Waals surface area contributed by atoms with E-state index in [1.165, 1.54) is 13.2 Å². The summed E-state index contributed by atoms with van der Waals surface area (Å²) in [6.07, 6.45) is 0. The molecular weight excluding hydrogens is 425 g/mol. The van der Waals surface area contributed by atoms with Gasteiger partial charge in [0.05, 0.1) is 17.8 Å². The second-order valence-corrected chi connectivity index (χ2v) is 7.29. The van der Waals surface area contributed by atoms with Gasteiger partial charge in [-0.1, -0.05) is 41.4 Å². The van der Waals surface area contributed by atoms with Crippen molar-refractivity contribution in [1.29, 1.82) is 0 Å². The molecule has 0 atom stereocenters. The molecule has 0 aliphatic rings. The van der Waals surface area contributed by atoms with Crippen LogP contribution in [0.2, 0.25) is 10.0 Å². The number of furan rings is 1. The van der Waals surface area contributed by atoms with Crippen molar-refractivity contribution < 1.29 is 18.7 Å². The molecule has 1 aromatic heterocycles. The molecule has 0 saturated carbocycles. The molecule has 0 saturated heterocycles. The normalized spacial score (nSPS) is 10.8. The topological polar surface area (TPSA) is 68.5 Å². The smallest absolute Gasteiger partial charge is 0.255 e. The number of hydrogen-bond acceptors (Lipinski definition) is 4. The largest absolute Gasteiger partial charge is 0.495 e. The first kappa shape index (κ1) is 20.0. The van der Waals surface area contributed by atoms with Gasteiger partial charge in [-0.3, -0.25) is 9.59 Å². The van der Waals surface area contributed by atoms with Crippen molar-refractivity contribution in [3.05, 3.63) is 93.7 Å². The quantitative estimate of drug-likeness (QED) is 0.374. The van der Waals surface area contributed by atoms with E-state index >= 15 is 0 Å². The van der Waals surface area contributed by atoms with Crippen LogP contribution >= 0.6 is 23.2 Å². The number of ketones is 1. The van der Waals surface area contributed by atoms with Gasteiger partial charge in [-0.25, -0.2) is 0 Å². The van der Waals surface area contributed by atoms with Gasteiger partial charge in [-0.15, -0.1) is 0 Å². The third kappa shape index (κ3) is 3.77. The van der Waals surface area contributed by atoms with Crippen LogP contribution in [-0.2, 0) is 0 Å². The summed E-state index contributed by atoms with van der Waals surface area (Å²) in [7, 11) is 1.49. The lowest BCUT2D eigenvalue weighted by Crippen LogP contribution is -2.14. The molecule has 0 unspecified atom stereocenters. The molecule has 0 aliphatic heterocycles. The van der Waals surface area contributed by atoms with Crippen molar-refractivity contribution in [3.8, 4) is 5.75 Å². The van der Waals surface area contributed by atoms with Crippen LogP contribution in [-0.4, -0.2) is 18.8 Å². The molecule has 1 heterocycles. The number of benzene rings is 3. The van der Waals surface area contributed by atoms with Crippen LogP contribution in [0.5, 0.6) is 5.75 Å². The van der Waals surface area contributed by atoms with E-state index < -0.39 is 11.7 Å². The summed E-state index contributed by atoms with van der Waals surface area (Å²) in [6, 6.07) is 18.3. The maximum absolute atomic E-state index is 13.2. The van der Waals surface area contributed by atoms with Gasteiger partial charge in [0.1, 0.15) is 11.3 Å². The average molecular weight is 440 g/mol. The minimum Gasteiger partial charge on any atom is -0.495 e. The fourth-order valence-corrected chi connectivity index (χ4v) is 3.53. The Balaban J connectivity index is 1.78. The molecule has 1 N–H and O–H groups in total. The van der Waals surface area contributed by atoms with E-state index in [9.17, 15) is 9.59 Å². The standard InChI is InChI=1S/C23H15Cl2NO4/c1-29-19-10-9-13(12-17(19)25)21(27)22-20(16-7-2-3-8-18(16)30-22)26-23(28)14-5-4-6-15(24)11-14/h2-12H,1H3,(H,26,28). The first-order valence-corrected chi connectivity index (χ1v) is 9.70. The van der Waals surface area contributed by atoms with Crippen LogP contribution in [0.3, 0.4) is 0 Å². The van der Waals surface area contributed by atoms with Gasteiger partial charge >= 0.3 is 0 Å². The highest BCUT2D eigenvalue weighted by Gasteiger charge is 2.24. The fraction of sp³-hybridized carbons (Fsp3) is 0.0435. The predicted molar refractivity (Wildman–Crippen MR) is 117 cm³/mol. The zero-order valence-electron chi connectivity index (χ0n) is 15.7. The number of fused-ring (bicyclic) bond motifs is 1. The van der Waals surface area contributed by atoms with Crippen LogP contribution in [0.1, 0.15) is 26.5 Å². The lowest BCUT2D eigenvalue weighted by atomic mass is 10.1. The van der Waals surface area contributed by atoms with E-state index in [4.69, 9.17) is 32.4 Å². The number of ether oxygens (including phenoxy) is 1. The number of para-hydroxylation sites is 1. The summed E-state index contributed by atoms with van der Waals surface area (Å²) in [6.45, 7) is 0. The number of rotatable bonds is 5. The van der Waals surface area contributed by atoms with Crippen LogP contribution < -0.4 is 10.1 Å². The first-order valence-electron chi connectivity index (χ1n) is 8.94. The molecule has 5 nitrogen and oxygen atoms in total. The molecule has 0 aliphatic carbocycles. The van der Waals surface area contributed by atoms with Gasteiger partial charge in [-0.2, -0.15) is 0 Å². The highest BCUT2D eigenvalue weighted by atomic mass is 35.5. The van der Waals surface area contributed by atoms with Gasteiger partial charge in [0, 0.05) is 21.5 Å². The summed E-state index contributed by atoms with van der Waals surface area (Å²) in [5.41, 5.74) is 1.42. The maximum atomic E-state index is 13.2. The number of halogens is 2. The minimum absolute atomic E-state index is 0.00723. The van der Waals surface area contributed by atoms with Gasteiger partial charge < -0.3 is 14.5 Å². The van der Waals surface area contributed by atoms with Crippen molar-refractivity contribution in [2.45, 2.75) is 0 Å². The summed E-state index contributed by atoms with van der Waals surface area (Å²) >= 11 is 12.2. The van der Waals surface area contributed by atoms with Crippen molar-refractivity contribution >= 4 is 51.5 Å². The molecule has 3 aromatic carbocycles. The summed E-state index contributed by atoms with van der Waals surface area (Å²) in [5.74, 6) is -0.372. The molecule has 4 aromatic rings. The Morgan fingerprint density at radius 3 is 2.47 bits per heavy atom. The summed E-state index contributed by atoms with van der Waals surface area (Å²) in [5, 5.41) is 4.13. The molecule has 0 radical (unpaired) electrons. The number of amides is 1. The van der Waals surface area contributed by atoms with E-state index in [2.05, 4.69) is 5.32 Å². The zero-order chi connectivity index (χ0) is 21.3. The molecule has 150 valence electrons. The van der Waals surface area contributed by atoms with E-state index in [1.54, 1.807) is 60.7 Å². The Hall–Kier alpha value is -3.28. The lowest BCUT2D eigenvalue weighted by Gasteiger charge is -2.08. The third-order valence-electron chi connectivity index (χ3n) is 4.54. The third-order valence-corrected chi connectivity index (χ3v) is 5.07. The first-order chi connectivity index (χ1) is 14.5. The number of anilines is 1. The number of nitrogens with one attached hydrogen (secondary N) is 1. The Kier molecular flexibility index (Phi) is 5.48. The van der Waals surface area contributed by atoms with Crippen LogP contribution in [0, 0.1) is 0 Å². The molecule has 0 spiro atoms. The summed E-state index contributed by atoms with van der Waals surface area (Å²) in [4.78, 5) is 26.0. The van der Waals surface area contributed by atoms with Gasteiger partial charge in [0.15, 0.2) is 5.76 Å². The minimum atomic E-state index is -0.419. The molecule has 1 amide bonds.